The highest BCUT2D eigenvalue weighted by Crippen LogP contribution is 2.25. The van der Waals surface area contributed by atoms with Gasteiger partial charge in [-0.3, -0.25) is 10.2 Å². The number of hydrogen-bond donors (Lipinski definition) is 3. The molecule has 114 valence electrons. The number of carboxylic acids is 1. The molecule has 0 unspecified atom stereocenters. The van der Waals surface area contributed by atoms with Crippen LogP contribution in [0.2, 0.25) is 0 Å². The molecule has 0 atom stereocenters. The van der Waals surface area contributed by atoms with E-state index in [1.54, 1.807) is 10.9 Å². The van der Waals surface area contributed by atoms with Crippen molar-refractivity contribution in [3.63, 3.8) is 0 Å². The first-order valence-electron chi connectivity index (χ1n) is 5.14. The van der Waals surface area contributed by atoms with E-state index in [2.05, 4.69) is 4.74 Å². The fraction of sp³-hybridized carbons (Fsp3) is 0.500. The maximum absolute atomic E-state index is 12.2. The summed E-state index contributed by atoms with van der Waals surface area (Å²) < 4.78 is 41.3. The summed E-state index contributed by atoms with van der Waals surface area (Å²) in [5.74, 6) is -3.78. The first-order chi connectivity index (χ1) is 8.83. The second-order valence-electron chi connectivity index (χ2n) is 4.48. The molecule has 10 heteroatoms. The zero-order valence-corrected chi connectivity index (χ0v) is 10.8. The number of carboxylic acid groups (broad SMARTS) is 1. The predicted molar refractivity (Wildman–Crippen MR) is 59.3 cm³/mol. The van der Waals surface area contributed by atoms with Gasteiger partial charge in [-0.05, 0) is 20.8 Å². The van der Waals surface area contributed by atoms with Crippen LogP contribution in [-0.4, -0.2) is 34.9 Å². The molecule has 0 aromatic carbocycles. The highest BCUT2D eigenvalue weighted by molar-refractivity contribution is 5.98. The number of amides is 2. The van der Waals surface area contributed by atoms with Gasteiger partial charge in [-0.2, -0.15) is 13.2 Å². The molecule has 0 fully saturated rings. The molecule has 0 saturated heterocycles. The molecule has 0 aliphatic heterocycles. The lowest BCUT2D eigenvalue weighted by molar-refractivity contribution is -0.145. The Labute approximate surface area is 111 Å². The molecule has 0 aromatic rings. The number of ether oxygens (including phenoxy) is 1. The van der Waals surface area contributed by atoms with Crippen LogP contribution in [-0.2, 0) is 14.3 Å². The van der Waals surface area contributed by atoms with Crippen LogP contribution in [0.3, 0.4) is 0 Å². The summed E-state index contributed by atoms with van der Waals surface area (Å²) in [7, 11) is 0. The lowest BCUT2D eigenvalue weighted by Crippen LogP contribution is -2.44. The van der Waals surface area contributed by atoms with E-state index in [4.69, 9.17) is 5.11 Å². The van der Waals surface area contributed by atoms with Gasteiger partial charge < -0.3 is 9.84 Å². The fourth-order valence-corrected chi connectivity index (χ4v) is 0.848. The molecule has 0 spiro atoms. The van der Waals surface area contributed by atoms with Gasteiger partial charge in [0.2, 0.25) is 0 Å². The van der Waals surface area contributed by atoms with Gasteiger partial charge in [0.25, 0.3) is 5.91 Å². The molecule has 0 radical (unpaired) electrons. The summed E-state index contributed by atoms with van der Waals surface area (Å²) in [6.07, 6.45) is -6.50. The van der Waals surface area contributed by atoms with E-state index in [9.17, 15) is 27.6 Å². The minimum atomic E-state index is -5.20. The molecular weight excluding hydrogens is 285 g/mol. The maximum atomic E-state index is 12.2. The third-order valence-electron chi connectivity index (χ3n) is 1.50. The smallest absolute Gasteiger partial charge is 0.426 e. The molecule has 0 heterocycles. The van der Waals surface area contributed by atoms with E-state index in [-0.39, 0.29) is 6.08 Å². The summed E-state index contributed by atoms with van der Waals surface area (Å²) in [5.41, 5.74) is 0.288. The third-order valence-corrected chi connectivity index (χ3v) is 1.50. The maximum Gasteiger partial charge on any atom is 0.426 e. The van der Waals surface area contributed by atoms with Crippen molar-refractivity contribution in [3.8, 4) is 0 Å². The van der Waals surface area contributed by atoms with Crippen LogP contribution >= 0.6 is 0 Å². The Bertz CT molecular complexity index is 437. The Morgan fingerprint density at radius 3 is 1.95 bits per heavy atom. The van der Waals surface area contributed by atoms with Crippen molar-refractivity contribution in [2.45, 2.75) is 32.5 Å². The molecule has 0 aliphatic rings. The van der Waals surface area contributed by atoms with Crippen LogP contribution in [0.5, 0.6) is 0 Å². The monoisotopic (exact) mass is 298 g/mol. The molecule has 2 amide bonds. The molecular formula is C10H13F3N2O5. The van der Waals surface area contributed by atoms with Crippen molar-refractivity contribution >= 4 is 18.0 Å². The van der Waals surface area contributed by atoms with Crippen molar-refractivity contribution in [1.29, 1.82) is 0 Å². The van der Waals surface area contributed by atoms with E-state index in [0.717, 1.165) is 0 Å². The summed E-state index contributed by atoms with van der Waals surface area (Å²) in [6, 6.07) is 0. The summed E-state index contributed by atoms with van der Waals surface area (Å²) in [5, 5.41) is 8.31. The van der Waals surface area contributed by atoms with E-state index in [0.29, 0.717) is 0 Å². The van der Waals surface area contributed by atoms with Gasteiger partial charge in [0.05, 0.1) is 0 Å². The molecule has 0 saturated carbocycles. The van der Waals surface area contributed by atoms with Crippen molar-refractivity contribution in [1.82, 2.24) is 10.9 Å². The number of halogens is 3. The number of hydrazine groups is 1. The molecule has 0 aromatic heterocycles. The van der Waals surface area contributed by atoms with E-state index in [1.165, 1.54) is 20.8 Å². The zero-order valence-electron chi connectivity index (χ0n) is 10.8. The number of alkyl halides is 3. The SMILES string of the molecule is CC(C)(C)OC(=O)NNC(=O)/C=C(/C(=O)O)C(F)(F)F. The van der Waals surface area contributed by atoms with Crippen molar-refractivity contribution in [2.24, 2.45) is 0 Å². The minimum Gasteiger partial charge on any atom is -0.478 e. The highest BCUT2D eigenvalue weighted by Gasteiger charge is 2.39. The largest absolute Gasteiger partial charge is 0.478 e. The quantitative estimate of drug-likeness (QED) is 0.523. The van der Waals surface area contributed by atoms with Gasteiger partial charge >= 0.3 is 18.2 Å². The number of carbonyl (C=O) groups excluding carboxylic acids is 2. The molecule has 7 nitrogen and oxygen atoms in total. The first-order valence-corrected chi connectivity index (χ1v) is 5.14. The third kappa shape index (κ3) is 7.24. The van der Waals surface area contributed by atoms with Crippen molar-refractivity contribution in [2.75, 3.05) is 0 Å². The average Bonchev–Trinajstić information content (AvgIpc) is 2.18. The van der Waals surface area contributed by atoms with Crippen LogP contribution in [0.25, 0.3) is 0 Å². The first kappa shape index (κ1) is 17.7. The van der Waals surface area contributed by atoms with Gasteiger partial charge in [-0.15, -0.1) is 0 Å². The number of nitrogens with one attached hydrogen (secondary N) is 2. The Morgan fingerprint density at radius 1 is 1.10 bits per heavy atom. The zero-order chi connectivity index (χ0) is 16.1. The second kappa shape index (κ2) is 6.26. The number of carbonyl (C=O) groups is 3. The van der Waals surface area contributed by atoms with E-state index >= 15 is 0 Å². The standard InChI is InChI=1S/C10H13F3N2O5/c1-9(2,3)20-8(19)15-14-6(16)4-5(7(17)18)10(11,12)13/h4H,1-3H3,(H,14,16)(H,15,19)(H,17,18)/b5-4-. The normalized spacial score (nSPS) is 12.6. The summed E-state index contributed by atoms with van der Waals surface area (Å²) >= 11 is 0. The highest BCUT2D eigenvalue weighted by atomic mass is 19.4. The summed E-state index contributed by atoms with van der Waals surface area (Å²) in [4.78, 5) is 32.5. The Hall–Kier alpha value is -2.26. The van der Waals surface area contributed by atoms with Crippen LogP contribution < -0.4 is 10.9 Å². The Balaban J connectivity index is 4.63. The molecule has 20 heavy (non-hydrogen) atoms. The lowest BCUT2D eigenvalue weighted by atomic mass is 10.2. The van der Waals surface area contributed by atoms with Crippen LogP contribution in [0.1, 0.15) is 20.8 Å². The van der Waals surface area contributed by atoms with Crippen LogP contribution in [0.15, 0.2) is 11.6 Å². The van der Waals surface area contributed by atoms with Crippen molar-refractivity contribution < 1.29 is 37.4 Å². The second-order valence-corrected chi connectivity index (χ2v) is 4.48. The molecule has 0 aliphatic carbocycles. The van der Waals surface area contributed by atoms with Crippen LogP contribution in [0, 0.1) is 0 Å². The summed E-state index contributed by atoms with van der Waals surface area (Å²) in [6.45, 7) is 4.58. The molecule has 0 rings (SSSR count). The number of aliphatic carboxylic acids is 1. The minimum absolute atomic E-state index is 0.195. The van der Waals surface area contributed by atoms with Crippen LogP contribution in [0.4, 0.5) is 18.0 Å². The van der Waals surface area contributed by atoms with Gasteiger partial charge in [0.1, 0.15) is 11.2 Å². The van der Waals surface area contributed by atoms with Gasteiger partial charge in [-0.1, -0.05) is 0 Å². The topological polar surface area (TPSA) is 105 Å². The fourth-order valence-electron chi connectivity index (χ4n) is 0.848. The molecule has 3 N–H and O–H groups in total. The Morgan fingerprint density at radius 2 is 1.60 bits per heavy atom. The lowest BCUT2D eigenvalue weighted by Gasteiger charge is -2.19. The van der Waals surface area contributed by atoms with Gasteiger partial charge in [0.15, 0.2) is 0 Å². The predicted octanol–water partition coefficient (Wildman–Crippen LogP) is 1.12. The van der Waals surface area contributed by atoms with Gasteiger partial charge in [0, 0.05) is 6.08 Å². The van der Waals surface area contributed by atoms with Gasteiger partial charge in [-0.25, -0.2) is 15.0 Å². The number of hydrogen-bond acceptors (Lipinski definition) is 4. The number of rotatable bonds is 2. The Kier molecular flexibility index (Phi) is 5.55. The molecule has 0 bridgehead atoms. The van der Waals surface area contributed by atoms with Crippen molar-refractivity contribution in [3.05, 3.63) is 11.6 Å². The van der Waals surface area contributed by atoms with E-state index in [1.807, 2.05) is 0 Å². The average molecular weight is 298 g/mol. The van der Waals surface area contributed by atoms with E-state index < -0.39 is 35.3 Å².